The summed E-state index contributed by atoms with van der Waals surface area (Å²) in [4.78, 5) is 2.17. The van der Waals surface area contributed by atoms with Gasteiger partial charge in [0.05, 0.1) is 6.61 Å². The number of rotatable bonds is 7. The minimum Gasteiger partial charge on any atom is -0.380 e. The third kappa shape index (κ3) is 8.31. The highest BCUT2D eigenvalue weighted by atomic mass is 35.5. The molecule has 0 atom stereocenters. The Balaban J connectivity index is 3.08. The van der Waals surface area contributed by atoms with Crippen molar-refractivity contribution < 1.29 is 4.74 Å². The van der Waals surface area contributed by atoms with Gasteiger partial charge in [-0.25, -0.2) is 0 Å². The van der Waals surface area contributed by atoms with Gasteiger partial charge in [-0.1, -0.05) is 13.8 Å². The molecule has 0 saturated heterocycles. The van der Waals surface area contributed by atoms with E-state index >= 15 is 0 Å². The molecule has 0 aromatic carbocycles. The topological polar surface area (TPSA) is 12.5 Å². The van der Waals surface area contributed by atoms with Crippen molar-refractivity contribution in [1.82, 2.24) is 4.90 Å². The van der Waals surface area contributed by atoms with Crippen LogP contribution in [0, 0.1) is 5.92 Å². The average molecular weight is 194 g/mol. The van der Waals surface area contributed by atoms with E-state index in [4.69, 9.17) is 16.3 Å². The molecule has 0 rings (SSSR count). The third-order valence-electron chi connectivity index (χ3n) is 1.53. The second-order valence-electron chi connectivity index (χ2n) is 3.46. The highest BCUT2D eigenvalue weighted by Gasteiger charge is 1.97. The van der Waals surface area contributed by atoms with E-state index in [0.29, 0.717) is 11.8 Å². The lowest BCUT2D eigenvalue weighted by Crippen LogP contribution is -2.25. The number of hydrogen-bond donors (Lipinski definition) is 0. The molecular formula is C9H20ClNO. The zero-order valence-corrected chi connectivity index (χ0v) is 9.10. The molecule has 0 fully saturated rings. The van der Waals surface area contributed by atoms with Crippen molar-refractivity contribution in [3.8, 4) is 0 Å². The van der Waals surface area contributed by atoms with E-state index in [1.807, 2.05) is 0 Å². The zero-order chi connectivity index (χ0) is 9.40. The van der Waals surface area contributed by atoms with E-state index in [-0.39, 0.29) is 0 Å². The van der Waals surface area contributed by atoms with Crippen molar-refractivity contribution in [3.05, 3.63) is 0 Å². The van der Waals surface area contributed by atoms with E-state index in [2.05, 4.69) is 25.8 Å². The molecule has 0 saturated carbocycles. The maximum Gasteiger partial charge on any atom is 0.0593 e. The summed E-state index contributed by atoms with van der Waals surface area (Å²) >= 11 is 5.58. The van der Waals surface area contributed by atoms with Gasteiger partial charge in [-0.2, -0.15) is 0 Å². The zero-order valence-electron chi connectivity index (χ0n) is 8.35. The Morgan fingerprint density at radius 1 is 1.33 bits per heavy atom. The third-order valence-corrected chi connectivity index (χ3v) is 1.70. The van der Waals surface area contributed by atoms with E-state index in [1.165, 1.54) is 0 Å². The Labute approximate surface area is 80.8 Å². The van der Waals surface area contributed by atoms with Crippen molar-refractivity contribution in [2.45, 2.75) is 13.8 Å². The quantitative estimate of drug-likeness (QED) is 0.452. The summed E-state index contributed by atoms with van der Waals surface area (Å²) in [7, 11) is 2.06. The van der Waals surface area contributed by atoms with Gasteiger partial charge in [-0.05, 0) is 13.0 Å². The summed E-state index contributed by atoms with van der Waals surface area (Å²) in [6.07, 6.45) is 0. The minimum atomic E-state index is 0.628. The normalized spacial score (nSPS) is 11.5. The van der Waals surface area contributed by atoms with Crippen LogP contribution in [-0.4, -0.2) is 44.1 Å². The van der Waals surface area contributed by atoms with E-state index in [9.17, 15) is 0 Å². The lowest BCUT2D eigenvalue weighted by atomic mass is 10.2. The second kappa shape index (κ2) is 7.84. The summed E-state index contributed by atoms with van der Waals surface area (Å²) in [5.41, 5.74) is 0. The first-order chi connectivity index (χ1) is 5.66. The Morgan fingerprint density at radius 2 is 2.00 bits per heavy atom. The fourth-order valence-electron chi connectivity index (χ4n) is 0.796. The summed E-state index contributed by atoms with van der Waals surface area (Å²) in [6.45, 7) is 7.89. The van der Waals surface area contributed by atoms with Gasteiger partial charge < -0.3 is 9.64 Å². The van der Waals surface area contributed by atoms with E-state index in [1.54, 1.807) is 0 Å². The number of likely N-dealkylation sites (N-methyl/N-ethyl adjacent to an activating group) is 1. The van der Waals surface area contributed by atoms with Crippen molar-refractivity contribution in [1.29, 1.82) is 0 Å². The van der Waals surface area contributed by atoms with Gasteiger partial charge in [0.2, 0.25) is 0 Å². The van der Waals surface area contributed by atoms with Gasteiger partial charge in [0, 0.05) is 25.6 Å². The van der Waals surface area contributed by atoms with Crippen LogP contribution in [0.5, 0.6) is 0 Å². The molecule has 0 aliphatic heterocycles. The maximum absolute atomic E-state index is 5.58. The lowest BCUT2D eigenvalue weighted by molar-refractivity contribution is 0.0928. The van der Waals surface area contributed by atoms with Gasteiger partial charge in [-0.15, -0.1) is 11.6 Å². The van der Waals surface area contributed by atoms with Gasteiger partial charge >= 0.3 is 0 Å². The van der Waals surface area contributed by atoms with E-state index < -0.39 is 0 Å². The van der Waals surface area contributed by atoms with E-state index in [0.717, 1.165) is 26.3 Å². The Morgan fingerprint density at radius 3 is 2.50 bits per heavy atom. The molecule has 0 heterocycles. The van der Waals surface area contributed by atoms with Crippen molar-refractivity contribution >= 4 is 11.6 Å². The molecule has 0 aromatic heterocycles. The molecule has 0 radical (unpaired) electrons. The van der Waals surface area contributed by atoms with Crippen LogP contribution in [0.15, 0.2) is 0 Å². The molecule has 0 spiro atoms. The standard InChI is InChI=1S/C9H20ClNO/c1-9(2)8-12-7-6-11(3)5-4-10/h9H,4-8H2,1-3H3. The predicted octanol–water partition coefficient (Wildman–Crippen LogP) is 1.83. The molecular weight excluding hydrogens is 174 g/mol. The molecule has 0 amide bonds. The SMILES string of the molecule is CC(C)COCCN(C)CCCl. The fourth-order valence-corrected chi connectivity index (χ4v) is 1.08. The average Bonchev–Trinajstić information content (AvgIpc) is 1.98. The van der Waals surface area contributed by atoms with Crippen molar-refractivity contribution in [2.75, 3.05) is 39.2 Å². The second-order valence-corrected chi connectivity index (χ2v) is 3.84. The van der Waals surface area contributed by atoms with Gasteiger partial charge in [0.25, 0.3) is 0 Å². The van der Waals surface area contributed by atoms with Crippen molar-refractivity contribution in [3.63, 3.8) is 0 Å². The summed E-state index contributed by atoms with van der Waals surface area (Å²) < 4.78 is 5.43. The van der Waals surface area contributed by atoms with Crippen LogP contribution in [0.1, 0.15) is 13.8 Å². The molecule has 3 heteroatoms. The Kier molecular flexibility index (Phi) is 7.98. The van der Waals surface area contributed by atoms with Crippen molar-refractivity contribution in [2.24, 2.45) is 5.92 Å². The number of halogens is 1. The monoisotopic (exact) mass is 193 g/mol. The molecule has 0 N–H and O–H groups in total. The first-order valence-corrected chi connectivity index (χ1v) is 5.02. The van der Waals surface area contributed by atoms with Crippen LogP contribution in [-0.2, 0) is 4.74 Å². The Hall–Kier alpha value is 0.210. The molecule has 2 nitrogen and oxygen atoms in total. The van der Waals surface area contributed by atoms with Gasteiger partial charge in [0.15, 0.2) is 0 Å². The summed E-state index contributed by atoms with van der Waals surface area (Å²) in [6, 6.07) is 0. The number of ether oxygens (including phenoxy) is 1. The minimum absolute atomic E-state index is 0.628. The fraction of sp³-hybridized carbons (Fsp3) is 1.00. The lowest BCUT2D eigenvalue weighted by Gasteiger charge is -2.15. The molecule has 0 bridgehead atoms. The van der Waals surface area contributed by atoms with Crippen LogP contribution < -0.4 is 0 Å². The van der Waals surface area contributed by atoms with Crippen LogP contribution in [0.3, 0.4) is 0 Å². The molecule has 0 aliphatic carbocycles. The number of hydrogen-bond acceptors (Lipinski definition) is 2. The molecule has 0 unspecified atom stereocenters. The largest absolute Gasteiger partial charge is 0.380 e. The number of alkyl halides is 1. The van der Waals surface area contributed by atoms with Gasteiger partial charge in [-0.3, -0.25) is 0 Å². The number of nitrogens with zero attached hydrogens (tertiary/aromatic N) is 1. The molecule has 0 aromatic rings. The van der Waals surface area contributed by atoms with Crippen LogP contribution >= 0.6 is 11.6 Å². The first-order valence-electron chi connectivity index (χ1n) is 4.49. The molecule has 74 valence electrons. The van der Waals surface area contributed by atoms with Gasteiger partial charge in [0.1, 0.15) is 0 Å². The first kappa shape index (κ1) is 12.2. The van der Waals surface area contributed by atoms with Crippen LogP contribution in [0.2, 0.25) is 0 Å². The van der Waals surface area contributed by atoms with Crippen LogP contribution in [0.25, 0.3) is 0 Å². The molecule has 12 heavy (non-hydrogen) atoms. The summed E-state index contributed by atoms with van der Waals surface area (Å²) in [5, 5.41) is 0. The summed E-state index contributed by atoms with van der Waals surface area (Å²) in [5.74, 6) is 1.32. The van der Waals surface area contributed by atoms with Crippen LogP contribution in [0.4, 0.5) is 0 Å². The highest BCUT2D eigenvalue weighted by molar-refractivity contribution is 6.18. The Bertz CT molecular complexity index is 98.5. The smallest absolute Gasteiger partial charge is 0.0593 e. The molecule has 0 aliphatic rings. The highest BCUT2D eigenvalue weighted by Crippen LogP contribution is 1.92. The predicted molar refractivity (Wildman–Crippen MR) is 53.9 cm³/mol. The maximum atomic E-state index is 5.58.